The van der Waals surface area contributed by atoms with Crippen LogP contribution in [-0.2, 0) is 13.1 Å². The van der Waals surface area contributed by atoms with E-state index in [0.29, 0.717) is 5.92 Å². The molecule has 0 spiro atoms. The minimum atomic E-state index is 0.652. The third-order valence-electron chi connectivity index (χ3n) is 7.40. The number of para-hydroxylation sites is 2. The fourth-order valence-corrected chi connectivity index (χ4v) is 5.91. The fourth-order valence-electron chi connectivity index (χ4n) is 5.91. The monoisotopic (exact) mass is 406 g/mol. The Labute approximate surface area is 180 Å². The highest BCUT2D eigenvalue weighted by molar-refractivity contribution is 6.24. The summed E-state index contributed by atoms with van der Waals surface area (Å²) < 4.78 is 0. The van der Waals surface area contributed by atoms with Crippen molar-refractivity contribution in [3.63, 3.8) is 0 Å². The van der Waals surface area contributed by atoms with Gasteiger partial charge < -0.3 is 9.97 Å². The second kappa shape index (κ2) is 6.61. The maximum atomic E-state index is 4.99. The standard InChI is InChI=1S/C27H26N4/c1-2-8-17(9-3-1)14-28-31-15-20-21(16-31)25-19-11-5-7-13-23(19)30-27(25)26-24(20)18-10-4-6-12-22(18)29-26/h4-7,10-14,17,29-30H,1-3,8-9,15-16H2/b28-14+. The summed E-state index contributed by atoms with van der Waals surface area (Å²) >= 11 is 0. The summed E-state index contributed by atoms with van der Waals surface area (Å²) in [5, 5.41) is 12.6. The van der Waals surface area contributed by atoms with Gasteiger partial charge in [0, 0.05) is 38.8 Å². The third-order valence-corrected chi connectivity index (χ3v) is 7.40. The number of hydrazone groups is 1. The number of benzene rings is 3. The number of aromatic nitrogens is 2. The first kappa shape index (κ1) is 17.4. The molecule has 7 rings (SSSR count). The predicted molar refractivity (Wildman–Crippen MR) is 129 cm³/mol. The van der Waals surface area contributed by atoms with Crippen molar-refractivity contribution in [2.75, 3.05) is 0 Å². The van der Waals surface area contributed by atoms with Crippen molar-refractivity contribution in [2.45, 2.75) is 45.2 Å². The summed E-state index contributed by atoms with van der Waals surface area (Å²) in [6.45, 7) is 1.76. The summed E-state index contributed by atoms with van der Waals surface area (Å²) in [5.74, 6) is 0.652. The summed E-state index contributed by atoms with van der Waals surface area (Å²) in [4.78, 5) is 7.44. The molecule has 31 heavy (non-hydrogen) atoms. The molecule has 4 nitrogen and oxygen atoms in total. The van der Waals surface area contributed by atoms with Gasteiger partial charge in [-0.1, -0.05) is 55.7 Å². The number of nitrogens with one attached hydrogen (secondary N) is 2. The maximum Gasteiger partial charge on any atom is 0.0714 e. The first-order chi connectivity index (χ1) is 15.4. The third kappa shape index (κ3) is 2.57. The van der Waals surface area contributed by atoms with Gasteiger partial charge in [-0.2, -0.15) is 5.10 Å². The van der Waals surface area contributed by atoms with Crippen LogP contribution in [0, 0.1) is 5.92 Å². The number of nitrogens with zero attached hydrogens (tertiary/aromatic N) is 2. The van der Waals surface area contributed by atoms with Gasteiger partial charge in [-0.25, -0.2) is 0 Å². The molecule has 3 heterocycles. The smallest absolute Gasteiger partial charge is 0.0714 e. The van der Waals surface area contributed by atoms with Crippen LogP contribution in [0.1, 0.15) is 43.2 Å². The van der Waals surface area contributed by atoms with Crippen LogP contribution in [0.4, 0.5) is 0 Å². The van der Waals surface area contributed by atoms with Crippen LogP contribution in [-0.4, -0.2) is 21.2 Å². The fraction of sp³-hybridized carbons (Fsp3) is 0.296. The van der Waals surface area contributed by atoms with Crippen LogP contribution < -0.4 is 0 Å². The van der Waals surface area contributed by atoms with Gasteiger partial charge in [0.1, 0.15) is 0 Å². The van der Waals surface area contributed by atoms with Crippen LogP contribution in [0.25, 0.3) is 43.6 Å². The van der Waals surface area contributed by atoms with Crippen molar-refractivity contribution in [3.05, 3.63) is 59.7 Å². The summed E-state index contributed by atoms with van der Waals surface area (Å²) in [6, 6.07) is 17.4. The topological polar surface area (TPSA) is 47.2 Å². The van der Waals surface area contributed by atoms with Crippen molar-refractivity contribution in [1.29, 1.82) is 0 Å². The Balaban J connectivity index is 1.46. The molecule has 3 aromatic carbocycles. The molecule has 1 aliphatic carbocycles. The Morgan fingerprint density at radius 1 is 0.742 bits per heavy atom. The van der Waals surface area contributed by atoms with E-state index in [1.165, 1.54) is 86.8 Å². The molecule has 0 radical (unpaired) electrons. The number of aromatic amines is 2. The largest absolute Gasteiger partial charge is 0.353 e. The molecular weight excluding hydrogens is 380 g/mol. The average molecular weight is 407 g/mol. The van der Waals surface area contributed by atoms with E-state index < -0.39 is 0 Å². The summed E-state index contributed by atoms with van der Waals surface area (Å²) in [6.07, 6.45) is 8.92. The number of hydrogen-bond acceptors (Lipinski definition) is 2. The Morgan fingerprint density at radius 2 is 1.29 bits per heavy atom. The van der Waals surface area contributed by atoms with E-state index in [9.17, 15) is 0 Å². The van der Waals surface area contributed by atoms with Crippen molar-refractivity contribution in [2.24, 2.45) is 11.0 Å². The lowest BCUT2D eigenvalue weighted by Gasteiger charge is -2.18. The molecular formula is C27H26N4. The molecule has 0 saturated heterocycles. The number of rotatable bonds is 2. The summed E-state index contributed by atoms with van der Waals surface area (Å²) in [5.41, 5.74) is 7.73. The van der Waals surface area contributed by atoms with E-state index in [0.717, 1.165) is 13.1 Å². The van der Waals surface area contributed by atoms with E-state index in [1.807, 2.05) is 0 Å². The highest BCUT2D eigenvalue weighted by atomic mass is 15.5. The average Bonchev–Trinajstić information content (AvgIpc) is 3.50. The molecule has 1 aliphatic heterocycles. The normalized spacial score (nSPS) is 17.7. The van der Waals surface area contributed by atoms with Crippen molar-refractivity contribution < 1.29 is 0 Å². The molecule has 1 saturated carbocycles. The molecule has 0 unspecified atom stereocenters. The van der Waals surface area contributed by atoms with Gasteiger partial charge in [-0.3, -0.25) is 5.01 Å². The van der Waals surface area contributed by atoms with E-state index in [2.05, 4.69) is 69.7 Å². The van der Waals surface area contributed by atoms with Gasteiger partial charge in [-0.15, -0.1) is 0 Å². The van der Waals surface area contributed by atoms with Gasteiger partial charge in [0.2, 0.25) is 0 Å². The molecule has 5 aromatic rings. The number of hydrogen-bond donors (Lipinski definition) is 2. The van der Waals surface area contributed by atoms with E-state index in [4.69, 9.17) is 5.10 Å². The molecule has 0 amide bonds. The lowest BCUT2D eigenvalue weighted by molar-refractivity contribution is 0.299. The Bertz CT molecular complexity index is 1380. The van der Waals surface area contributed by atoms with Crippen LogP contribution in [0.3, 0.4) is 0 Å². The zero-order chi connectivity index (χ0) is 20.4. The highest BCUT2D eigenvalue weighted by Gasteiger charge is 2.27. The van der Waals surface area contributed by atoms with Gasteiger partial charge in [0.25, 0.3) is 0 Å². The van der Waals surface area contributed by atoms with Crippen LogP contribution >= 0.6 is 0 Å². The Hall–Kier alpha value is -3.27. The Kier molecular flexibility index (Phi) is 3.71. The van der Waals surface area contributed by atoms with Gasteiger partial charge in [0.05, 0.1) is 24.1 Å². The second-order valence-electron chi connectivity index (χ2n) is 9.28. The van der Waals surface area contributed by atoms with Crippen molar-refractivity contribution in [3.8, 4) is 0 Å². The lowest BCUT2D eigenvalue weighted by atomic mass is 9.90. The minimum absolute atomic E-state index is 0.652. The highest BCUT2D eigenvalue weighted by Crippen LogP contribution is 2.43. The zero-order valence-corrected chi connectivity index (χ0v) is 17.6. The lowest BCUT2D eigenvalue weighted by Crippen LogP contribution is -2.13. The van der Waals surface area contributed by atoms with Crippen LogP contribution in [0.2, 0.25) is 0 Å². The second-order valence-corrected chi connectivity index (χ2v) is 9.28. The van der Waals surface area contributed by atoms with Gasteiger partial charge in [-0.05, 0) is 42.0 Å². The molecule has 2 aromatic heterocycles. The molecule has 4 heteroatoms. The van der Waals surface area contributed by atoms with E-state index >= 15 is 0 Å². The first-order valence-corrected chi connectivity index (χ1v) is 11.6. The minimum Gasteiger partial charge on any atom is -0.353 e. The predicted octanol–water partition coefficient (Wildman–Crippen LogP) is 6.84. The molecule has 2 aliphatic rings. The number of fused-ring (bicyclic) bond motifs is 10. The van der Waals surface area contributed by atoms with Gasteiger partial charge in [0.15, 0.2) is 0 Å². The maximum absolute atomic E-state index is 4.99. The zero-order valence-electron chi connectivity index (χ0n) is 17.6. The summed E-state index contributed by atoms with van der Waals surface area (Å²) in [7, 11) is 0. The van der Waals surface area contributed by atoms with Crippen LogP contribution in [0.15, 0.2) is 53.6 Å². The molecule has 0 bridgehead atoms. The first-order valence-electron chi connectivity index (χ1n) is 11.6. The molecule has 1 fully saturated rings. The van der Waals surface area contributed by atoms with E-state index in [-0.39, 0.29) is 0 Å². The molecule has 0 atom stereocenters. The van der Waals surface area contributed by atoms with E-state index in [1.54, 1.807) is 0 Å². The Morgan fingerprint density at radius 3 is 1.87 bits per heavy atom. The molecule has 2 N–H and O–H groups in total. The molecule has 154 valence electrons. The quantitative estimate of drug-likeness (QED) is 0.310. The SMILES string of the molecule is C(=N\N1Cc2c(c3c4ccccc4[nH]c3c3[nH]c4ccccc4c23)C1)/C1CCCCC1. The van der Waals surface area contributed by atoms with Crippen LogP contribution in [0.5, 0.6) is 0 Å². The van der Waals surface area contributed by atoms with Crippen molar-refractivity contribution in [1.82, 2.24) is 15.0 Å². The van der Waals surface area contributed by atoms with Gasteiger partial charge >= 0.3 is 0 Å². The van der Waals surface area contributed by atoms with Crippen molar-refractivity contribution >= 4 is 49.8 Å². The number of H-pyrrole nitrogens is 2.